The molecule has 1 aromatic heterocycles. The van der Waals surface area contributed by atoms with Gasteiger partial charge >= 0.3 is 0 Å². The summed E-state index contributed by atoms with van der Waals surface area (Å²) in [6.07, 6.45) is 0.218. The first-order valence-corrected chi connectivity index (χ1v) is 7.74. The van der Waals surface area contributed by atoms with Gasteiger partial charge in [-0.05, 0) is 11.4 Å². The van der Waals surface area contributed by atoms with Crippen LogP contribution in [0.2, 0.25) is 0 Å². The third-order valence-corrected chi connectivity index (χ3v) is 3.52. The zero-order chi connectivity index (χ0) is 15.7. The molecule has 6 nitrogen and oxygen atoms in total. The SMILES string of the molecule is CC(C)C(=O)NCCNC(=O)CCNC(=O)c1cccs1. The van der Waals surface area contributed by atoms with Crippen molar-refractivity contribution < 1.29 is 14.4 Å². The van der Waals surface area contributed by atoms with Gasteiger partial charge in [0.2, 0.25) is 11.8 Å². The number of nitrogens with one attached hydrogen (secondary N) is 3. The number of rotatable bonds is 8. The molecule has 0 saturated heterocycles. The van der Waals surface area contributed by atoms with E-state index in [4.69, 9.17) is 0 Å². The van der Waals surface area contributed by atoms with Gasteiger partial charge in [0.15, 0.2) is 0 Å². The molecular weight excluding hydrogens is 290 g/mol. The van der Waals surface area contributed by atoms with Crippen LogP contribution in [0.5, 0.6) is 0 Å². The van der Waals surface area contributed by atoms with Crippen LogP contribution in [0.1, 0.15) is 29.9 Å². The van der Waals surface area contributed by atoms with Gasteiger partial charge in [0.05, 0.1) is 4.88 Å². The molecule has 0 unspecified atom stereocenters. The molecule has 1 rings (SSSR count). The summed E-state index contributed by atoms with van der Waals surface area (Å²) < 4.78 is 0. The minimum atomic E-state index is -0.165. The van der Waals surface area contributed by atoms with Gasteiger partial charge in [0.25, 0.3) is 5.91 Å². The summed E-state index contributed by atoms with van der Waals surface area (Å²) in [4.78, 5) is 35.0. The van der Waals surface area contributed by atoms with Crippen LogP contribution in [0.3, 0.4) is 0 Å². The van der Waals surface area contributed by atoms with E-state index >= 15 is 0 Å². The zero-order valence-corrected chi connectivity index (χ0v) is 13.1. The van der Waals surface area contributed by atoms with Gasteiger partial charge < -0.3 is 16.0 Å². The number of carbonyl (C=O) groups is 3. The van der Waals surface area contributed by atoms with Crippen molar-refractivity contribution in [1.82, 2.24) is 16.0 Å². The first-order chi connectivity index (χ1) is 10.0. The van der Waals surface area contributed by atoms with Gasteiger partial charge in [-0.15, -0.1) is 11.3 Å². The number of hydrogen-bond donors (Lipinski definition) is 3. The van der Waals surface area contributed by atoms with E-state index in [2.05, 4.69) is 16.0 Å². The predicted octanol–water partition coefficient (Wildman–Crippen LogP) is 0.756. The van der Waals surface area contributed by atoms with Gasteiger partial charge in [-0.1, -0.05) is 19.9 Å². The molecule has 0 fully saturated rings. The largest absolute Gasteiger partial charge is 0.354 e. The van der Waals surface area contributed by atoms with Crippen molar-refractivity contribution in [3.8, 4) is 0 Å². The highest BCUT2D eigenvalue weighted by Crippen LogP contribution is 2.07. The summed E-state index contributed by atoms with van der Waals surface area (Å²) in [6.45, 7) is 4.70. The van der Waals surface area contributed by atoms with Crippen molar-refractivity contribution >= 4 is 29.1 Å². The second-order valence-corrected chi connectivity index (χ2v) is 5.73. The molecular formula is C14H21N3O3S. The molecule has 0 aliphatic carbocycles. The van der Waals surface area contributed by atoms with Gasteiger partial charge in [-0.3, -0.25) is 14.4 Å². The summed E-state index contributed by atoms with van der Waals surface area (Å²) in [7, 11) is 0. The fourth-order valence-electron chi connectivity index (χ4n) is 1.46. The first-order valence-electron chi connectivity index (χ1n) is 6.87. The molecule has 3 amide bonds. The third-order valence-electron chi connectivity index (χ3n) is 2.65. The Morgan fingerprint density at radius 1 is 1.10 bits per heavy atom. The molecule has 1 heterocycles. The second-order valence-electron chi connectivity index (χ2n) is 4.78. The molecule has 7 heteroatoms. The maximum atomic E-state index is 11.6. The van der Waals surface area contributed by atoms with Crippen molar-refractivity contribution in [3.05, 3.63) is 22.4 Å². The standard InChI is InChI=1S/C14H21N3O3S/c1-10(2)13(19)17-8-7-15-12(18)5-6-16-14(20)11-4-3-9-21-11/h3-4,9-10H,5-8H2,1-2H3,(H,15,18)(H,16,20)(H,17,19). The van der Waals surface area contributed by atoms with E-state index < -0.39 is 0 Å². The molecule has 0 bridgehead atoms. The van der Waals surface area contributed by atoms with Crippen molar-refractivity contribution in [2.45, 2.75) is 20.3 Å². The Bertz CT molecular complexity index is 472. The average molecular weight is 311 g/mol. The molecule has 3 N–H and O–H groups in total. The Balaban J connectivity index is 2.06. The lowest BCUT2D eigenvalue weighted by Gasteiger charge is -2.09. The molecule has 0 saturated carbocycles. The first kappa shape index (κ1) is 17.2. The van der Waals surface area contributed by atoms with Crippen LogP contribution in [-0.2, 0) is 9.59 Å². The molecule has 21 heavy (non-hydrogen) atoms. The highest BCUT2D eigenvalue weighted by molar-refractivity contribution is 7.12. The molecule has 0 radical (unpaired) electrons. The minimum Gasteiger partial charge on any atom is -0.354 e. The maximum absolute atomic E-state index is 11.6. The molecule has 0 aliphatic rings. The van der Waals surface area contributed by atoms with E-state index in [9.17, 15) is 14.4 Å². The van der Waals surface area contributed by atoms with Gasteiger partial charge in [0, 0.05) is 32.0 Å². The smallest absolute Gasteiger partial charge is 0.261 e. The lowest BCUT2D eigenvalue weighted by atomic mass is 10.2. The fourth-order valence-corrected chi connectivity index (χ4v) is 2.10. The Hall–Kier alpha value is -1.89. The fraction of sp³-hybridized carbons (Fsp3) is 0.500. The minimum absolute atomic E-state index is 0.0348. The van der Waals surface area contributed by atoms with Crippen LogP contribution in [0.15, 0.2) is 17.5 Å². The van der Waals surface area contributed by atoms with Crippen LogP contribution in [0, 0.1) is 5.92 Å². The summed E-state index contributed by atoms with van der Waals surface area (Å²) in [5.74, 6) is -0.414. The molecule has 1 aromatic rings. The van der Waals surface area contributed by atoms with E-state index in [0.717, 1.165) is 0 Å². The van der Waals surface area contributed by atoms with Crippen LogP contribution in [0.25, 0.3) is 0 Å². The maximum Gasteiger partial charge on any atom is 0.261 e. The lowest BCUT2D eigenvalue weighted by Crippen LogP contribution is -2.37. The van der Waals surface area contributed by atoms with Crippen LogP contribution in [0.4, 0.5) is 0 Å². The highest BCUT2D eigenvalue weighted by atomic mass is 32.1. The van der Waals surface area contributed by atoms with E-state index in [1.54, 1.807) is 12.1 Å². The summed E-state index contributed by atoms with van der Waals surface area (Å²) in [6, 6.07) is 3.54. The number of hydrogen-bond acceptors (Lipinski definition) is 4. The summed E-state index contributed by atoms with van der Waals surface area (Å²) >= 11 is 1.36. The number of amides is 3. The second kappa shape index (κ2) is 9.12. The predicted molar refractivity (Wildman–Crippen MR) is 82.1 cm³/mol. The van der Waals surface area contributed by atoms with E-state index in [1.807, 2.05) is 19.2 Å². The molecule has 0 aliphatic heterocycles. The number of carbonyl (C=O) groups excluding carboxylic acids is 3. The third kappa shape index (κ3) is 6.89. The Kier molecular flexibility index (Phi) is 7.45. The van der Waals surface area contributed by atoms with Crippen molar-refractivity contribution in [1.29, 1.82) is 0 Å². The lowest BCUT2D eigenvalue weighted by molar-refractivity contribution is -0.124. The quantitative estimate of drug-likeness (QED) is 0.619. The van der Waals surface area contributed by atoms with Gasteiger partial charge in [0.1, 0.15) is 0 Å². The summed E-state index contributed by atoms with van der Waals surface area (Å²) in [5.41, 5.74) is 0. The van der Waals surface area contributed by atoms with Gasteiger partial charge in [-0.2, -0.15) is 0 Å². The van der Waals surface area contributed by atoms with Crippen molar-refractivity contribution in [2.75, 3.05) is 19.6 Å². The molecule has 0 spiro atoms. The van der Waals surface area contributed by atoms with Crippen LogP contribution in [-0.4, -0.2) is 37.4 Å². The molecule has 0 atom stereocenters. The summed E-state index contributed by atoms with van der Waals surface area (Å²) in [5, 5.41) is 9.90. The Morgan fingerprint density at radius 3 is 2.43 bits per heavy atom. The molecule has 0 aromatic carbocycles. The number of thiophene rings is 1. The monoisotopic (exact) mass is 311 g/mol. The normalized spacial score (nSPS) is 10.2. The van der Waals surface area contributed by atoms with E-state index in [-0.39, 0.29) is 30.1 Å². The molecule has 116 valence electrons. The zero-order valence-electron chi connectivity index (χ0n) is 12.3. The van der Waals surface area contributed by atoms with E-state index in [1.165, 1.54) is 11.3 Å². The highest BCUT2D eigenvalue weighted by Gasteiger charge is 2.08. The van der Waals surface area contributed by atoms with Crippen LogP contribution < -0.4 is 16.0 Å². The average Bonchev–Trinajstić information content (AvgIpc) is 2.97. The van der Waals surface area contributed by atoms with Gasteiger partial charge in [-0.25, -0.2) is 0 Å². The van der Waals surface area contributed by atoms with Crippen molar-refractivity contribution in [3.63, 3.8) is 0 Å². The van der Waals surface area contributed by atoms with E-state index in [0.29, 0.717) is 24.5 Å². The van der Waals surface area contributed by atoms with Crippen molar-refractivity contribution in [2.24, 2.45) is 5.92 Å². The topological polar surface area (TPSA) is 87.3 Å². The van der Waals surface area contributed by atoms with Crippen LogP contribution >= 0.6 is 11.3 Å². The Labute approximate surface area is 128 Å². The Morgan fingerprint density at radius 2 is 1.81 bits per heavy atom.